The van der Waals surface area contributed by atoms with Crippen LogP contribution in [0.25, 0.3) is 0 Å². The summed E-state index contributed by atoms with van der Waals surface area (Å²) in [5.41, 5.74) is 0.310. The van der Waals surface area contributed by atoms with Crippen molar-refractivity contribution < 1.29 is 9.47 Å². The standard InChI is InChI=1S/C17H26O2S/c1-4-5-6-7-16-13(2)12-17(19-16)20-15-10-8-14(18-3)9-11-15/h8-11,13,16-17H,4-7,12H2,1-3H3/t13-,16?,17?/m1/s1. The SMILES string of the molecule is CCCCCC1OC(Sc2ccc(OC)cc2)C[C@H]1C. The Bertz CT molecular complexity index is 390. The van der Waals surface area contributed by atoms with Crippen LogP contribution >= 0.6 is 11.8 Å². The van der Waals surface area contributed by atoms with Crippen LogP contribution < -0.4 is 4.74 Å². The van der Waals surface area contributed by atoms with Gasteiger partial charge in [-0.2, -0.15) is 0 Å². The van der Waals surface area contributed by atoms with E-state index in [9.17, 15) is 0 Å². The van der Waals surface area contributed by atoms with Gasteiger partial charge in [0.1, 0.15) is 11.2 Å². The van der Waals surface area contributed by atoms with Gasteiger partial charge in [0.2, 0.25) is 0 Å². The van der Waals surface area contributed by atoms with Gasteiger partial charge in [0.25, 0.3) is 0 Å². The van der Waals surface area contributed by atoms with E-state index in [0.29, 0.717) is 17.5 Å². The van der Waals surface area contributed by atoms with Crippen molar-refractivity contribution in [3.05, 3.63) is 24.3 Å². The van der Waals surface area contributed by atoms with Crippen LogP contribution in [0.15, 0.2) is 29.2 Å². The molecule has 1 fully saturated rings. The fourth-order valence-electron chi connectivity index (χ4n) is 2.67. The molecule has 1 aliphatic heterocycles. The van der Waals surface area contributed by atoms with Gasteiger partial charge in [-0.25, -0.2) is 0 Å². The van der Waals surface area contributed by atoms with Crippen LogP contribution in [0.3, 0.4) is 0 Å². The summed E-state index contributed by atoms with van der Waals surface area (Å²) in [5, 5.41) is 0. The van der Waals surface area contributed by atoms with Crippen LogP contribution in [0.1, 0.15) is 46.0 Å². The van der Waals surface area contributed by atoms with Crippen LogP contribution in [0, 0.1) is 5.92 Å². The van der Waals surface area contributed by atoms with Gasteiger partial charge in [-0.3, -0.25) is 0 Å². The molecule has 2 unspecified atom stereocenters. The van der Waals surface area contributed by atoms with Crippen LogP contribution in [0.4, 0.5) is 0 Å². The zero-order valence-electron chi connectivity index (χ0n) is 12.8. The third kappa shape index (κ3) is 4.42. The average Bonchev–Trinajstić information content (AvgIpc) is 2.80. The third-order valence-corrected chi connectivity index (χ3v) is 5.06. The van der Waals surface area contributed by atoms with Gasteiger partial charge >= 0.3 is 0 Å². The predicted molar refractivity (Wildman–Crippen MR) is 85.4 cm³/mol. The molecule has 0 bridgehead atoms. The second-order valence-electron chi connectivity index (χ2n) is 5.61. The number of ether oxygens (including phenoxy) is 2. The molecule has 20 heavy (non-hydrogen) atoms. The van der Waals surface area contributed by atoms with Crippen molar-refractivity contribution in [2.24, 2.45) is 5.92 Å². The molecule has 112 valence electrons. The minimum absolute atomic E-state index is 0.310. The molecule has 1 saturated heterocycles. The lowest BCUT2D eigenvalue weighted by Gasteiger charge is -2.15. The summed E-state index contributed by atoms with van der Waals surface area (Å²) < 4.78 is 11.4. The molecule has 0 spiro atoms. The Balaban J connectivity index is 1.81. The lowest BCUT2D eigenvalue weighted by molar-refractivity contribution is 0.0697. The molecule has 0 amide bonds. The first-order valence-corrected chi connectivity index (χ1v) is 8.57. The van der Waals surface area contributed by atoms with Crippen molar-refractivity contribution in [2.75, 3.05) is 7.11 Å². The molecule has 1 aliphatic rings. The highest BCUT2D eigenvalue weighted by Gasteiger charge is 2.32. The van der Waals surface area contributed by atoms with E-state index in [-0.39, 0.29) is 0 Å². The number of unbranched alkanes of at least 4 members (excludes halogenated alkanes) is 2. The van der Waals surface area contributed by atoms with E-state index < -0.39 is 0 Å². The first kappa shape index (κ1) is 15.7. The van der Waals surface area contributed by atoms with Gasteiger partial charge in [-0.1, -0.05) is 44.9 Å². The summed E-state index contributed by atoms with van der Waals surface area (Å²) in [6.07, 6.45) is 6.74. The monoisotopic (exact) mass is 294 g/mol. The lowest BCUT2D eigenvalue weighted by Crippen LogP contribution is -2.13. The quantitative estimate of drug-likeness (QED) is 0.650. The molecule has 2 rings (SSSR count). The van der Waals surface area contributed by atoms with Gasteiger partial charge in [0.05, 0.1) is 13.2 Å². The van der Waals surface area contributed by atoms with E-state index >= 15 is 0 Å². The van der Waals surface area contributed by atoms with E-state index in [1.54, 1.807) is 7.11 Å². The molecule has 0 radical (unpaired) electrons. The maximum absolute atomic E-state index is 6.21. The third-order valence-electron chi connectivity index (χ3n) is 3.94. The fraction of sp³-hybridized carbons (Fsp3) is 0.647. The van der Waals surface area contributed by atoms with Gasteiger partial charge < -0.3 is 9.47 Å². The number of rotatable bonds is 7. The number of methoxy groups -OCH3 is 1. The number of hydrogen-bond donors (Lipinski definition) is 0. The van der Waals surface area contributed by atoms with Gasteiger partial charge in [-0.05, 0) is 43.0 Å². The Morgan fingerprint density at radius 2 is 2.00 bits per heavy atom. The zero-order chi connectivity index (χ0) is 14.4. The normalized spacial score (nSPS) is 25.9. The van der Waals surface area contributed by atoms with Crippen molar-refractivity contribution in [1.29, 1.82) is 0 Å². The van der Waals surface area contributed by atoms with E-state index in [0.717, 1.165) is 12.2 Å². The molecule has 0 aliphatic carbocycles. The highest BCUT2D eigenvalue weighted by molar-refractivity contribution is 7.99. The van der Waals surface area contributed by atoms with Crippen LogP contribution in [-0.4, -0.2) is 18.6 Å². The summed E-state index contributed by atoms with van der Waals surface area (Å²) in [7, 11) is 1.70. The molecule has 0 saturated carbocycles. The molecular weight excluding hydrogens is 268 g/mol. The molecule has 1 heterocycles. The second kappa shape index (κ2) is 7.94. The van der Waals surface area contributed by atoms with Crippen molar-refractivity contribution in [2.45, 2.75) is 62.4 Å². The van der Waals surface area contributed by atoms with Gasteiger partial charge in [0, 0.05) is 4.90 Å². The molecular formula is C17H26O2S. The van der Waals surface area contributed by atoms with Crippen LogP contribution in [0.2, 0.25) is 0 Å². The molecule has 0 aromatic heterocycles. The van der Waals surface area contributed by atoms with E-state index in [1.165, 1.54) is 30.6 Å². The Hall–Kier alpha value is -0.670. The maximum Gasteiger partial charge on any atom is 0.118 e. The van der Waals surface area contributed by atoms with Crippen molar-refractivity contribution in [3.63, 3.8) is 0 Å². The molecule has 0 N–H and O–H groups in total. The maximum atomic E-state index is 6.21. The minimum atomic E-state index is 0.310. The number of thioether (sulfide) groups is 1. The molecule has 3 heteroatoms. The van der Waals surface area contributed by atoms with Gasteiger partial charge in [0.15, 0.2) is 0 Å². The van der Waals surface area contributed by atoms with Gasteiger partial charge in [-0.15, -0.1) is 0 Å². The van der Waals surface area contributed by atoms with E-state index in [4.69, 9.17) is 9.47 Å². The molecule has 1 aromatic carbocycles. The molecule has 3 atom stereocenters. The van der Waals surface area contributed by atoms with Crippen molar-refractivity contribution in [1.82, 2.24) is 0 Å². The number of benzene rings is 1. The Kier molecular flexibility index (Phi) is 6.24. The van der Waals surface area contributed by atoms with Crippen molar-refractivity contribution in [3.8, 4) is 5.75 Å². The summed E-state index contributed by atoms with van der Waals surface area (Å²) >= 11 is 1.84. The van der Waals surface area contributed by atoms with E-state index in [1.807, 2.05) is 23.9 Å². The highest BCUT2D eigenvalue weighted by Crippen LogP contribution is 2.38. The summed E-state index contributed by atoms with van der Waals surface area (Å²) in [6, 6.07) is 8.25. The zero-order valence-corrected chi connectivity index (χ0v) is 13.6. The first-order valence-electron chi connectivity index (χ1n) is 7.69. The molecule has 1 aromatic rings. The van der Waals surface area contributed by atoms with Crippen LogP contribution in [-0.2, 0) is 4.74 Å². The van der Waals surface area contributed by atoms with E-state index in [2.05, 4.69) is 26.0 Å². The number of hydrogen-bond acceptors (Lipinski definition) is 3. The summed E-state index contributed by atoms with van der Waals surface area (Å²) in [5.74, 6) is 1.59. The summed E-state index contributed by atoms with van der Waals surface area (Å²) in [4.78, 5) is 1.26. The smallest absolute Gasteiger partial charge is 0.118 e. The largest absolute Gasteiger partial charge is 0.497 e. The average molecular weight is 294 g/mol. The second-order valence-corrected chi connectivity index (χ2v) is 6.84. The fourth-order valence-corrected chi connectivity index (χ4v) is 3.86. The topological polar surface area (TPSA) is 18.5 Å². The predicted octanol–water partition coefficient (Wildman–Crippen LogP) is 5.12. The molecule has 2 nitrogen and oxygen atoms in total. The Labute approximate surface area is 127 Å². The highest BCUT2D eigenvalue weighted by atomic mass is 32.2. The first-order chi connectivity index (χ1) is 9.72. The minimum Gasteiger partial charge on any atom is -0.497 e. The van der Waals surface area contributed by atoms with Crippen LogP contribution in [0.5, 0.6) is 5.75 Å². The summed E-state index contributed by atoms with van der Waals surface area (Å²) in [6.45, 7) is 4.58. The lowest BCUT2D eigenvalue weighted by atomic mass is 9.99. The van der Waals surface area contributed by atoms with Crippen molar-refractivity contribution >= 4 is 11.8 Å². The Morgan fingerprint density at radius 3 is 2.65 bits per heavy atom. The Morgan fingerprint density at radius 1 is 1.25 bits per heavy atom.